The molecule has 5 nitrogen and oxygen atoms in total. The largest absolute Gasteiger partial charge is 0.496 e. The molecule has 0 fully saturated rings. The van der Waals surface area contributed by atoms with E-state index in [2.05, 4.69) is 0 Å². The van der Waals surface area contributed by atoms with Gasteiger partial charge in [-0.25, -0.2) is 0 Å². The Morgan fingerprint density at radius 3 is 2.43 bits per heavy atom. The number of hydrogen-bond acceptors (Lipinski definition) is 5. The molecule has 0 aromatic heterocycles. The highest BCUT2D eigenvalue weighted by molar-refractivity contribution is 5.79. The molecule has 23 heavy (non-hydrogen) atoms. The van der Waals surface area contributed by atoms with Crippen LogP contribution in [0.15, 0.2) is 36.4 Å². The van der Waals surface area contributed by atoms with Crippen LogP contribution in [-0.4, -0.2) is 27.3 Å². The van der Waals surface area contributed by atoms with Crippen molar-refractivity contribution in [2.45, 2.75) is 12.3 Å². The van der Waals surface area contributed by atoms with E-state index in [0.717, 1.165) is 16.9 Å². The Morgan fingerprint density at radius 1 is 1.00 bits per heavy atom. The molecular weight excluding hydrogens is 296 g/mol. The first-order valence-corrected chi connectivity index (χ1v) is 7.27. The molecule has 0 N–H and O–H groups in total. The third-order valence-corrected chi connectivity index (χ3v) is 3.99. The SMILES string of the molecule is COc1cc(OC)c2c(c1)OC(=O)C[C@@H]2c1ccccc1OC. The van der Waals surface area contributed by atoms with Crippen LogP contribution < -0.4 is 18.9 Å². The van der Waals surface area contributed by atoms with Gasteiger partial charge in [0.2, 0.25) is 0 Å². The van der Waals surface area contributed by atoms with Crippen molar-refractivity contribution in [3.63, 3.8) is 0 Å². The van der Waals surface area contributed by atoms with Crippen LogP contribution in [0.3, 0.4) is 0 Å². The second-order valence-corrected chi connectivity index (χ2v) is 5.21. The third kappa shape index (κ3) is 2.70. The predicted molar refractivity (Wildman–Crippen MR) is 84.6 cm³/mol. The number of carbonyl (C=O) groups is 1. The zero-order valence-corrected chi connectivity index (χ0v) is 13.3. The molecule has 2 aromatic rings. The van der Waals surface area contributed by atoms with Gasteiger partial charge in [0.05, 0.1) is 27.8 Å². The van der Waals surface area contributed by atoms with Crippen molar-refractivity contribution in [3.05, 3.63) is 47.5 Å². The highest BCUT2D eigenvalue weighted by atomic mass is 16.5. The van der Waals surface area contributed by atoms with Crippen LogP contribution in [0.25, 0.3) is 0 Å². The molecule has 0 amide bonds. The van der Waals surface area contributed by atoms with E-state index < -0.39 is 0 Å². The molecule has 0 spiro atoms. The van der Waals surface area contributed by atoms with Crippen LogP contribution in [0, 0.1) is 0 Å². The fourth-order valence-corrected chi connectivity index (χ4v) is 2.94. The Labute approximate surface area is 134 Å². The smallest absolute Gasteiger partial charge is 0.312 e. The summed E-state index contributed by atoms with van der Waals surface area (Å²) in [5.41, 5.74) is 1.76. The van der Waals surface area contributed by atoms with Crippen LogP contribution in [-0.2, 0) is 4.79 Å². The second kappa shape index (κ2) is 6.20. The number of rotatable bonds is 4. The van der Waals surface area contributed by atoms with Crippen LogP contribution in [0.4, 0.5) is 0 Å². The standard InChI is InChI=1S/C18H18O5/c1-20-11-8-15(22-3)18-13(10-17(19)23-16(18)9-11)12-6-4-5-7-14(12)21-2/h4-9,13H,10H2,1-3H3/t13-/m1/s1. The molecule has 0 bridgehead atoms. The van der Waals surface area contributed by atoms with E-state index in [4.69, 9.17) is 18.9 Å². The van der Waals surface area contributed by atoms with Gasteiger partial charge in [-0.15, -0.1) is 0 Å². The van der Waals surface area contributed by atoms with Gasteiger partial charge in [-0.1, -0.05) is 18.2 Å². The van der Waals surface area contributed by atoms with Crippen molar-refractivity contribution in [1.82, 2.24) is 0 Å². The summed E-state index contributed by atoms with van der Waals surface area (Å²) >= 11 is 0. The maximum absolute atomic E-state index is 12.1. The van der Waals surface area contributed by atoms with Crippen molar-refractivity contribution in [2.24, 2.45) is 0 Å². The molecule has 1 aliphatic rings. The van der Waals surface area contributed by atoms with Crippen LogP contribution in [0.2, 0.25) is 0 Å². The molecule has 0 saturated heterocycles. The third-order valence-electron chi connectivity index (χ3n) is 3.99. The van der Waals surface area contributed by atoms with Gasteiger partial charge in [-0.2, -0.15) is 0 Å². The molecule has 120 valence electrons. The van der Waals surface area contributed by atoms with Gasteiger partial charge in [0, 0.05) is 29.2 Å². The maximum Gasteiger partial charge on any atom is 0.312 e. The summed E-state index contributed by atoms with van der Waals surface area (Å²) in [4.78, 5) is 12.1. The highest BCUT2D eigenvalue weighted by Gasteiger charge is 2.33. The van der Waals surface area contributed by atoms with Crippen molar-refractivity contribution in [1.29, 1.82) is 0 Å². The van der Waals surface area contributed by atoms with Gasteiger partial charge < -0.3 is 18.9 Å². The molecule has 1 atom stereocenters. The molecule has 1 heterocycles. The Hall–Kier alpha value is -2.69. The number of hydrogen-bond donors (Lipinski definition) is 0. The average molecular weight is 314 g/mol. The minimum Gasteiger partial charge on any atom is -0.496 e. The van der Waals surface area contributed by atoms with Gasteiger partial charge in [0.25, 0.3) is 0 Å². The Bertz CT molecular complexity index is 738. The van der Waals surface area contributed by atoms with Crippen LogP contribution >= 0.6 is 0 Å². The van der Waals surface area contributed by atoms with E-state index in [9.17, 15) is 4.79 Å². The molecule has 0 saturated carbocycles. The van der Waals surface area contributed by atoms with Crippen LogP contribution in [0.1, 0.15) is 23.5 Å². The maximum atomic E-state index is 12.1. The summed E-state index contributed by atoms with van der Waals surface area (Å²) in [5, 5.41) is 0. The molecule has 0 radical (unpaired) electrons. The molecular formula is C18H18O5. The summed E-state index contributed by atoms with van der Waals surface area (Å²) < 4.78 is 21.6. The lowest BCUT2D eigenvalue weighted by Gasteiger charge is -2.28. The first-order chi connectivity index (χ1) is 11.2. The summed E-state index contributed by atoms with van der Waals surface area (Å²) in [7, 11) is 4.76. The zero-order chi connectivity index (χ0) is 16.4. The molecule has 0 unspecified atom stereocenters. The minimum absolute atomic E-state index is 0.191. The van der Waals surface area contributed by atoms with Gasteiger partial charge in [0.15, 0.2) is 0 Å². The summed E-state index contributed by atoms with van der Waals surface area (Å²) in [5.74, 6) is 1.92. The average Bonchev–Trinajstić information content (AvgIpc) is 2.59. The van der Waals surface area contributed by atoms with Gasteiger partial charge in [-0.05, 0) is 6.07 Å². The van der Waals surface area contributed by atoms with Crippen molar-refractivity contribution >= 4 is 5.97 Å². The van der Waals surface area contributed by atoms with Gasteiger partial charge >= 0.3 is 5.97 Å². The highest BCUT2D eigenvalue weighted by Crippen LogP contribution is 2.47. The summed E-state index contributed by atoms with van der Waals surface area (Å²) in [6, 6.07) is 11.2. The minimum atomic E-state index is -0.288. The lowest BCUT2D eigenvalue weighted by molar-refractivity contribution is -0.135. The van der Waals surface area contributed by atoms with Gasteiger partial charge in [0.1, 0.15) is 23.0 Å². The number of benzene rings is 2. The summed E-state index contributed by atoms with van der Waals surface area (Å²) in [6.45, 7) is 0. The lowest BCUT2D eigenvalue weighted by atomic mass is 9.85. The molecule has 1 aliphatic heterocycles. The van der Waals surface area contributed by atoms with E-state index in [1.54, 1.807) is 33.5 Å². The Morgan fingerprint density at radius 2 is 1.74 bits per heavy atom. The second-order valence-electron chi connectivity index (χ2n) is 5.21. The normalized spacial score (nSPS) is 16.3. The Balaban J connectivity index is 2.20. The molecule has 3 rings (SSSR count). The van der Waals surface area contributed by atoms with Crippen molar-refractivity contribution in [2.75, 3.05) is 21.3 Å². The quantitative estimate of drug-likeness (QED) is 0.641. The van der Waals surface area contributed by atoms with E-state index in [1.807, 2.05) is 24.3 Å². The van der Waals surface area contributed by atoms with Crippen molar-refractivity contribution < 1.29 is 23.7 Å². The first kappa shape index (κ1) is 15.2. The lowest BCUT2D eigenvalue weighted by Crippen LogP contribution is -2.22. The monoisotopic (exact) mass is 314 g/mol. The number of methoxy groups -OCH3 is 3. The Kier molecular flexibility index (Phi) is 4.10. The number of esters is 1. The predicted octanol–water partition coefficient (Wildman–Crippen LogP) is 3.15. The van der Waals surface area contributed by atoms with E-state index in [1.165, 1.54) is 0 Å². The topological polar surface area (TPSA) is 54.0 Å². The first-order valence-electron chi connectivity index (χ1n) is 7.27. The number of carbonyl (C=O) groups excluding carboxylic acids is 1. The van der Waals surface area contributed by atoms with Gasteiger partial charge in [-0.3, -0.25) is 4.79 Å². The zero-order valence-electron chi connectivity index (χ0n) is 13.3. The molecule has 0 aliphatic carbocycles. The molecule has 5 heteroatoms. The van der Waals surface area contributed by atoms with Crippen LogP contribution in [0.5, 0.6) is 23.0 Å². The van der Waals surface area contributed by atoms with E-state index in [-0.39, 0.29) is 18.3 Å². The van der Waals surface area contributed by atoms with E-state index >= 15 is 0 Å². The number of fused-ring (bicyclic) bond motifs is 1. The fourth-order valence-electron chi connectivity index (χ4n) is 2.94. The van der Waals surface area contributed by atoms with Crippen molar-refractivity contribution in [3.8, 4) is 23.0 Å². The fraction of sp³-hybridized carbons (Fsp3) is 0.278. The molecule has 2 aromatic carbocycles. The summed E-state index contributed by atoms with van der Waals surface area (Å²) in [6.07, 6.45) is 0.232. The van der Waals surface area contributed by atoms with E-state index in [0.29, 0.717) is 17.2 Å². The number of ether oxygens (including phenoxy) is 4. The number of para-hydroxylation sites is 1.